The van der Waals surface area contributed by atoms with Crippen molar-refractivity contribution in [3.05, 3.63) is 132 Å². The van der Waals surface area contributed by atoms with Crippen LogP contribution in [0.1, 0.15) is 133 Å². The number of carbonyl (C=O) groups excluding carboxylic acids is 3. The summed E-state index contributed by atoms with van der Waals surface area (Å²) in [5.74, 6) is -0.189. The van der Waals surface area contributed by atoms with Gasteiger partial charge in [0.15, 0.2) is 0 Å². The molecule has 3 amide bonds. The molecule has 1 atom stereocenters. The monoisotopic (exact) mass is 888 g/mol. The van der Waals surface area contributed by atoms with Crippen LogP contribution in [0.4, 0.5) is 4.39 Å². The van der Waals surface area contributed by atoms with Crippen molar-refractivity contribution in [2.45, 2.75) is 123 Å². The van der Waals surface area contributed by atoms with Gasteiger partial charge in [-0.25, -0.2) is 4.39 Å². The number of aromatic amines is 1. The fourth-order valence-electron chi connectivity index (χ4n) is 8.72. The van der Waals surface area contributed by atoms with Crippen LogP contribution in [0, 0.1) is 5.82 Å². The van der Waals surface area contributed by atoms with Gasteiger partial charge in [0.25, 0.3) is 11.8 Å². The molecule has 1 unspecified atom stereocenters. The van der Waals surface area contributed by atoms with Gasteiger partial charge in [0, 0.05) is 66.7 Å². The number of carbonyl (C=O) groups is 3. The molecule has 0 spiro atoms. The molecule has 2 aliphatic rings. The first-order valence-corrected chi connectivity index (χ1v) is 24.2. The van der Waals surface area contributed by atoms with Gasteiger partial charge in [0.05, 0.1) is 17.9 Å². The van der Waals surface area contributed by atoms with Crippen LogP contribution in [0.2, 0.25) is 0 Å². The molecule has 0 radical (unpaired) electrons. The van der Waals surface area contributed by atoms with E-state index in [0.29, 0.717) is 55.1 Å². The van der Waals surface area contributed by atoms with Crippen molar-refractivity contribution in [3.63, 3.8) is 0 Å². The average molecular weight is 888 g/mol. The number of ether oxygens (including phenoxy) is 1. The normalized spacial score (nSPS) is 16.5. The molecule has 5 rings (SSSR count). The lowest BCUT2D eigenvalue weighted by Crippen LogP contribution is -2.39. The minimum absolute atomic E-state index is 0.0863. The molecule has 9 nitrogen and oxygen atoms in total. The maximum Gasteiger partial charge on any atom is 0.257 e. The molecule has 0 saturated carbocycles. The van der Waals surface area contributed by atoms with E-state index in [1.54, 1.807) is 29.3 Å². The van der Waals surface area contributed by atoms with Crippen LogP contribution >= 0.6 is 0 Å². The van der Waals surface area contributed by atoms with Crippen molar-refractivity contribution in [1.82, 2.24) is 25.0 Å². The van der Waals surface area contributed by atoms with Crippen molar-refractivity contribution < 1.29 is 23.5 Å². The van der Waals surface area contributed by atoms with Gasteiger partial charge in [-0.05, 0) is 132 Å². The second-order valence-corrected chi connectivity index (χ2v) is 17.9. The van der Waals surface area contributed by atoms with Gasteiger partial charge in [0.2, 0.25) is 5.91 Å². The summed E-state index contributed by atoms with van der Waals surface area (Å²) in [5.41, 5.74) is 2.14. The van der Waals surface area contributed by atoms with Crippen molar-refractivity contribution in [1.29, 1.82) is 0 Å². The SMILES string of the molecule is CCC=CCC=CCC=CCC=CCC=CCCCC(=O)N1CCC(NC(=O)C2=CN(C(=O)c3ccc(OCCCN(CCC)CCC)cc3)CC(C)(C)c3c2[nH]c2cc(F)ccc32)C1. The Labute approximate surface area is 388 Å². The predicted molar refractivity (Wildman–Crippen MR) is 265 cm³/mol. The number of hydrogen-bond acceptors (Lipinski definition) is 5. The zero-order chi connectivity index (χ0) is 46.4. The summed E-state index contributed by atoms with van der Waals surface area (Å²) >= 11 is 0. The number of nitrogens with zero attached hydrogens (tertiary/aromatic N) is 3. The molecule has 3 heterocycles. The summed E-state index contributed by atoms with van der Waals surface area (Å²) < 4.78 is 20.5. The van der Waals surface area contributed by atoms with Crippen LogP contribution in [0.5, 0.6) is 5.75 Å². The molecular formula is C55H74FN5O4. The molecule has 10 heteroatoms. The number of nitrogens with one attached hydrogen (secondary N) is 2. The number of aromatic nitrogens is 1. The first kappa shape index (κ1) is 50.5. The van der Waals surface area contributed by atoms with Gasteiger partial charge in [-0.2, -0.15) is 0 Å². The molecule has 2 aliphatic heterocycles. The third-order valence-electron chi connectivity index (χ3n) is 11.9. The van der Waals surface area contributed by atoms with E-state index in [4.69, 9.17) is 4.74 Å². The molecule has 1 saturated heterocycles. The average Bonchev–Trinajstić information content (AvgIpc) is 3.90. The van der Waals surface area contributed by atoms with Gasteiger partial charge in [-0.1, -0.05) is 95.4 Å². The van der Waals surface area contributed by atoms with E-state index in [2.05, 4.69) is 96.7 Å². The number of amides is 3. The van der Waals surface area contributed by atoms with E-state index >= 15 is 0 Å². The Morgan fingerprint density at radius 3 is 2.14 bits per heavy atom. The first-order valence-electron chi connectivity index (χ1n) is 24.2. The Bertz CT molecular complexity index is 2170. The minimum atomic E-state index is -0.616. The lowest BCUT2D eigenvalue weighted by Gasteiger charge is -2.29. The number of benzene rings is 2. The van der Waals surface area contributed by atoms with E-state index in [1.807, 2.05) is 30.9 Å². The van der Waals surface area contributed by atoms with E-state index in [-0.39, 0.29) is 41.7 Å². The highest BCUT2D eigenvalue weighted by Crippen LogP contribution is 2.40. The van der Waals surface area contributed by atoms with Crippen molar-refractivity contribution in [2.24, 2.45) is 0 Å². The zero-order valence-electron chi connectivity index (χ0n) is 39.8. The topological polar surface area (TPSA) is 98.0 Å². The van der Waals surface area contributed by atoms with Gasteiger partial charge in [0.1, 0.15) is 11.6 Å². The number of hydrogen-bond donors (Lipinski definition) is 2. The molecule has 1 aromatic heterocycles. The Kier molecular flexibility index (Phi) is 20.6. The molecule has 350 valence electrons. The summed E-state index contributed by atoms with van der Waals surface area (Å²) in [4.78, 5) is 51.1. The van der Waals surface area contributed by atoms with Crippen LogP contribution in [-0.4, -0.2) is 89.3 Å². The second kappa shape index (κ2) is 26.5. The fourth-order valence-corrected chi connectivity index (χ4v) is 8.72. The lowest BCUT2D eigenvalue weighted by atomic mass is 9.81. The molecule has 2 N–H and O–H groups in total. The summed E-state index contributed by atoms with van der Waals surface area (Å²) in [5, 5.41) is 3.98. The van der Waals surface area contributed by atoms with Crippen molar-refractivity contribution in [2.75, 3.05) is 45.9 Å². The summed E-state index contributed by atoms with van der Waals surface area (Å²) in [7, 11) is 0. The Balaban J connectivity index is 1.15. The molecule has 3 aromatic rings. The molecule has 0 bridgehead atoms. The summed E-state index contributed by atoms with van der Waals surface area (Å²) in [6.07, 6.45) is 34.1. The van der Waals surface area contributed by atoms with Gasteiger partial charge in [-0.3, -0.25) is 14.4 Å². The number of fused-ring (bicyclic) bond motifs is 3. The van der Waals surface area contributed by atoms with Gasteiger partial charge in [-0.15, -0.1) is 0 Å². The largest absolute Gasteiger partial charge is 0.494 e. The number of unbranched alkanes of at least 4 members (excludes halogenated alkanes) is 1. The Morgan fingerprint density at radius 2 is 1.49 bits per heavy atom. The third-order valence-corrected chi connectivity index (χ3v) is 11.9. The highest BCUT2D eigenvalue weighted by Gasteiger charge is 2.38. The summed E-state index contributed by atoms with van der Waals surface area (Å²) in [6, 6.07) is 11.5. The second-order valence-electron chi connectivity index (χ2n) is 17.9. The van der Waals surface area contributed by atoms with Crippen LogP contribution in [0.15, 0.2) is 109 Å². The minimum Gasteiger partial charge on any atom is -0.494 e. The highest BCUT2D eigenvalue weighted by molar-refractivity contribution is 6.21. The predicted octanol–water partition coefficient (Wildman–Crippen LogP) is 11.6. The first-order chi connectivity index (χ1) is 31.5. The Morgan fingerprint density at radius 1 is 0.846 bits per heavy atom. The fraction of sp³-hybridized carbons (Fsp3) is 0.473. The number of rotatable bonds is 25. The van der Waals surface area contributed by atoms with Gasteiger partial charge < -0.3 is 29.7 Å². The van der Waals surface area contributed by atoms with E-state index in [1.165, 1.54) is 12.1 Å². The van der Waals surface area contributed by atoms with E-state index in [9.17, 15) is 18.8 Å². The standard InChI is InChI=1S/C55H74FN5O4/c1-6-9-10-11-12-13-14-15-16-17-18-19-20-21-22-23-24-26-50(62)60-37-33-45(40-60)57-53(63)48-41-61(42-55(4,5)51-47-32-29-44(56)39-49(47)58-52(48)51)54(64)43-27-30-46(31-28-43)65-38-25-36-59(34-7-2)35-8-3/h9-10,12-13,15-16,18-19,21-22,27-32,39,41,45,58H,6-8,11,14,17,20,23-26,33-38,40,42H2,1-5H3,(H,57,63). The maximum atomic E-state index is 14.5. The molecular weight excluding hydrogens is 814 g/mol. The van der Waals surface area contributed by atoms with E-state index in [0.717, 1.165) is 94.8 Å². The molecule has 2 aromatic carbocycles. The van der Waals surface area contributed by atoms with Crippen LogP contribution < -0.4 is 10.1 Å². The lowest BCUT2D eigenvalue weighted by molar-refractivity contribution is -0.130. The number of H-pyrrole nitrogens is 1. The quantitative estimate of drug-likeness (QED) is 0.0652. The smallest absolute Gasteiger partial charge is 0.257 e. The van der Waals surface area contributed by atoms with Crippen LogP contribution in [0.25, 0.3) is 16.5 Å². The summed E-state index contributed by atoms with van der Waals surface area (Å²) in [6.45, 7) is 15.7. The number of halogens is 1. The molecule has 1 fully saturated rings. The zero-order valence-corrected chi connectivity index (χ0v) is 39.8. The van der Waals surface area contributed by atoms with E-state index < -0.39 is 5.41 Å². The Hall–Kier alpha value is -5.48. The molecule has 0 aliphatic carbocycles. The molecule has 65 heavy (non-hydrogen) atoms. The number of allylic oxidation sites excluding steroid dienone is 10. The highest BCUT2D eigenvalue weighted by atomic mass is 19.1. The van der Waals surface area contributed by atoms with Crippen LogP contribution in [-0.2, 0) is 15.0 Å². The maximum absolute atomic E-state index is 14.5. The van der Waals surface area contributed by atoms with Gasteiger partial charge >= 0.3 is 0 Å². The van der Waals surface area contributed by atoms with Crippen LogP contribution in [0.3, 0.4) is 0 Å². The third kappa shape index (κ3) is 15.6. The number of likely N-dealkylation sites (tertiary alicyclic amines) is 1. The van der Waals surface area contributed by atoms with Crippen molar-refractivity contribution >= 4 is 34.2 Å². The van der Waals surface area contributed by atoms with Crippen molar-refractivity contribution in [3.8, 4) is 5.75 Å².